The molecular formula is C18H28N2. The van der Waals surface area contributed by atoms with Crippen LogP contribution in [0.5, 0.6) is 0 Å². The first kappa shape index (κ1) is 14.1. The maximum atomic E-state index is 6.24. The Bertz CT molecular complexity index is 447. The van der Waals surface area contributed by atoms with E-state index < -0.39 is 0 Å². The molecule has 1 aromatic rings. The summed E-state index contributed by atoms with van der Waals surface area (Å²) in [6.45, 7) is 8.00. The van der Waals surface area contributed by atoms with Gasteiger partial charge in [-0.15, -0.1) is 0 Å². The first-order valence-corrected chi connectivity index (χ1v) is 8.13. The Morgan fingerprint density at radius 2 is 1.65 bits per heavy atom. The molecule has 0 unspecified atom stereocenters. The van der Waals surface area contributed by atoms with Crippen LogP contribution in [0.3, 0.4) is 0 Å². The fraction of sp³-hybridized carbons (Fsp3) is 0.667. The molecule has 2 heteroatoms. The van der Waals surface area contributed by atoms with Gasteiger partial charge in [0.2, 0.25) is 0 Å². The molecule has 20 heavy (non-hydrogen) atoms. The van der Waals surface area contributed by atoms with Gasteiger partial charge < -0.3 is 5.73 Å². The number of hydrogen-bond donors (Lipinski definition) is 1. The number of nitrogens with two attached hydrogens (primary N) is 1. The highest BCUT2D eigenvalue weighted by Crippen LogP contribution is 2.40. The predicted molar refractivity (Wildman–Crippen MR) is 84.8 cm³/mol. The standard InChI is InChI=1S/C18H28N2/c1-3-17(2)8-10-20(11-9-17)18(14-19)12-15-6-4-5-7-16(15)13-18/h4-7H,3,8-14,19H2,1-2H3. The third-order valence-electron chi connectivity index (χ3n) is 6.03. The molecule has 0 saturated carbocycles. The molecule has 1 aliphatic carbocycles. The van der Waals surface area contributed by atoms with E-state index >= 15 is 0 Å². The number of hydrogen-bond acceptors (Lipinski definition) is 2. The topological polar surface area (TPSA) is 29.3 Å². The van der Waals surface area contributed by atoms with Crippen molar-refractivity contribution in [3.05, 3.63) is 35.4 Å². The van der Waals surface area contributed by atoms with Crippen molar-refractivity contribution < 1.29 is 0 Å². The zero-order valence-corrected chi connectivity index (χ0v) is 13.0. The summed E-state index contributed by atoms with van der Waals surface area (Å²) in [5.41, 5.74) is 10.0. The van der Waals surface area contributed by atoms with E-state index in [0.29, 0.717) is 5.41 Å². The molecule has 2 N–H and O–H groups in total. The molecular weight excluding hydrogens is 244 g/mol. The van der Waals surface area contributed by atoms with Gasteiger partial charge >= 0.3 is 0 Å². The summed E-state index contributed by atoms with van der Waals surface area (Å²) in [5.74, 6) is 0. The number of fused-ring (bicyclic) bond motifs is 1. The Balaban J connectivity index is 1.76. The number of piperidine rings is 1. The van der Waals surface area contributed by atoms with Gasteiger partial charge in [-0.2, -0.15) is 0 Å². The Kier molecular flexibility index (Phi) is 3.64. The maximum Gasteiger partial charge on any atom is 0.0412 e. The average molecular weight is 272 g/mol. The molecule has 2 aliphatic rings. The van der Waals surface area contributed by atoms with Crippen molar-refractivity contribution >= 4 is 0 Å². The molecule has 0 bridgehead atoms. The van der Waals surface area contributed by atoms with E-state index in [4.69, 9.17) is 5.73 Å². The van der Waals surface area contributed by atoms with Gasteiger partial charge in [0.05, 0.1) is 0 Å². The highest BCUT2D eigenvalue weighted by molar-refractivity contribution is 5.36. The SMILES string of the molecule is CCC1(C)CCN(C2(CN)Cc3ccccc3C2)CC1. The highest BCUT2D eigenvalue weighted by Gasteiger charge is 2.43. The largest absolute Gasteiger partial charge is 0.329 e. The normalized spacial score (nSPS) is 24.6. The van der Waals surface area contributed by atoms with Gasteiger partial charge in [0.1, 0.15) is 0 Å². The Labute approximate surface area is 123 Å². The van der Waals surface area contributed by atoms with Crippen molar-refractivity contribution in [3.63, 3.8) is 0 Å². The van der Waals surface area contributed by atoms with Crippen molar-refractivity contribution in [2.75, 3.05) is 19.6 Å². The van der Waals surface area contributed by atoms with Gasteiger partial charge in [-0.05, 0) is 55.3 Å². The lowest BCUT2D eigenvalue weighted by molar-refractivity contribution is 0.0300. The van der Waals surface area contributed by atoms with Gasteiger partial charge in [0.25, 0.3) is 0 Å². The van der Waals surface area contributed by atoms with Crippen LogP contribution in [0.15, 0.2) is 24.3 Å². The van der Waals surface area contributed by atoms with E-state index in [9.17, 15) is 0 Å². The minimum atomic E-state index is 0.193. The lowest BCUT2D eigenvalue weighted by Gasteiger charge is -2.47. The highest BCUT2D eigenvalue weighted by atomic mass is 15.2. The van der Waals surface area contributed by atoms with Crippen LogP contribution in [0, 0.1) is 5.41 Å². The van der Waals surface area contributed by atoms with Gasteiger partial charge in [0, 0.05) is 12.1 Å². The third kappa shape index (κ3) is 2.29. The first-order chi connectivity index (χ1) is 9.61. The lowest BCUT2D eigenvalue weighted by atomic mass is 9.76. The molecule has 1 heterocycles. The zero-order valence-electron chi connectivity index (χ0n) is 13.0. The monoisotopic (exact) mass is 272 g/mol. The second kappa shape index (κ2) is 5.16. The lowest BCUT2D eigenvalue weighted by Crippen LogP contribution is -2.58. The second-order valence-corrected chi connectivity index (χ2v) is 7.20. The Hall–Kier alpha value is -0.860. The molecule has 1 saturated heterocycles. The van der Waals surface area contributed by atoms with Gasteiger partial charge in [0.15, 0.2) is 0 Å². The number of likely N-dealkylation sites (tertiary alicyclic amines) is 1. The number of nitrogens with zero attached hydrogens (tertiary/aromatic N) is 1. The average Bonchev–Trinajstić information content (AvgIpc) is 2.88. The van der Waals surface area contributed by atoms with E-state index in [-0.39, 0.29) is 5.54 Å². The van der Waals surface area contributed by atoms with E-state index in [0.717, 1.165) is 19.4 Å². The van der Waals surface area contributed by atoms with Gasteiger partial charge in [-0.3, -0.25) is 4.90 Å². The van der Waals surface area contributed by atoms with Crippen molar-refractivity contribution in [1.82, 2.24) is 4.90 Å². The maximum absolute atomic E-state index is 6.24. The van der Waals surface area contributed by atoms with E-state index in [2.05, 4.69) is 43.0 Å². The molecule has 0 radical (unpaired) electrons. The van der Waals surface area contributed by atoms with Crippen LogP contribution in [0.2, 0.25) is 0 Å². The van der Waals surface area contributed by atoms with Crippen molar-refractivity contribution in [2.24, 2.45) is 11.1 Å². The third-order valence-corrected chi connectivity index (χ3v) is 6.03. The van der Waals surface area contributed by atoms with Crippen LogP contribution >= 0.6 is 0 Å². The molecule has 1 aromatic carbocycles. The zero-order chi connectivity index (χ0) is 14.2. The summed E-state index contributed by atoms with van der Waals surface area (Å²) in [6.07, 6.45) is 6.23. The molecule has 0 atom stereocenters. The second-order valence-electron chi connectivity index (χ2n) is 7.20. The van der Waals surface area contributed by atoms with Crippen LogP contribution in [0.25, 0.3) is 0 Å². The van der Waals surface area contributed by atoms with E-state index in [1.54, 1.807) is 0 Å². The molecule has 0 amide bonds. The Morgan fingerprint density at radius 3 is 2.10 bits per heavy atom. The van der Waals surface area contributed by atoms with Crippen LogP contribution < -0.4 is 5.73 Å². The molecule has 1 aliphatic heterocycles. The molecule has 1 fully saturated rings. The van der Waals surface area contributed by atoms with Gasteiger partial charge in [-0.1, -0.05) is 44.5 Å². The van der Waals surface area contributed by atoms with Crippen molar-refractivity contribution in [3.8, 4) is 0 Å². The minimum Gasteiger partial charge on any atom is -0.329 e. The number of benzene rings is 1. The quantitative estimate of drug-likeness (QED) is 0.916. The van der Waals surface area contributed by atoms with Gasteiger partial charge in [-0.25, -0.2) is 0 Å². The summed E-state index contributed by atoms with van der Waals surface area (Å²) in [7, 11) is 0. The van der Waals surface area contributed by atoms with Crippen LogP contribution in [0.4, 0.5) is 0 Å². The predicted octanol–water partition coefficient (Wildman–Crippen LogP) is 2.99. The number of rotatable bonds is 3. The van der Waals surface area contributed by atoms with Crippen LogP contribution in [-0.2, 0) is 12.8 Å². The minimum absolute atomic E-state index is 0.193. The summed E-state index contributed by atoms with van der Waals surface area (Å²) in [6, 6.07) is 8.89. The van der Waals surface area contributed by atoms with Crippen molar-refractivity contribution in [2.45, 2.75) is 51.5 Å². The summed E-state index contributed by atoms with van der Waals surface area (Å²) in [4.78, 5) is 2.70. The van der Waals surface area contributed by atoms with E-state index in [1.807, 2.05) is 0 Å². The van der Waals surface area contributed by atoms with Crippen molar-refractivity contribution in [1.29, 1.82) is 0 Å². The van der Waals surface area contributed by atoms with E-state index in [1.165, 1.54) is 43.5 Å². The fourth-order valence-electron chi connectivity index (χ4n) is 4.05. The molecule has 0 aromatic heterocycles. The smallest absolute Gasteiger partial charge is 0.0412 e. The fourth-order valence-corrected chi connectivity index (χ4v) is 4.05. The summed E-state index contributed by atoms with van der Waals surface area (Å²) in [5, 5.41) is 0. The molecule has 2 nitrogen and oxygen atoms in total. The van der Waals surface area contributed by atoms with Crippen LogP contribution in [0.1, 0.15) is 44.2 Å². The molecule has 110 valence electrons. The first-order valence-electron chi connectivity index (χ1n) is 8.13. The molecule has 0 spiro atoms. The summed E-state index contributed by atoms with van der Waals surface area (Å²) >= 11 is 0. The summed E-state index contributed by atoms with van der Waals surface area (Å²) < 4.78 is 0. The molecule has 3 rings (SSSR count). The Morgan fingerprint density at radius 1 is 1.10 bits per heavy atom. The van der Waals surface area contributed by atoms with Crippen LogP contribution in [-0.4, -0.2) is 30.1 Å².